The molecule has 1 aromatic rings. The summed E-state index contributed by atoms with van der Waals surface area (Å²) in [5.74, 6) is 0.924. The lowest BCUT2D eigenvalue weighted by molar-refractivity contribution is 0.597. The van der Waals surface area contributed by atoms with Crippen LogP contribution < -0.4 is 11.1 Å². The molecule has 0 aliphatic heterocycles. The fraction of sp³-hybridized carbons (Fsp3) is 0.533. The lowest BCUT2D eigenvalue weighted by Crippen LogP contribution is -2.24. The molecule has 3 N–H and O–H groups in total. The SMILES string of the molecule is CCC(C)c1ccc(NC(N)=NCCS(=O)(=O)CC)cc1.I. The molecule has 126 valence electrons. The molecule has 0 aliphatic carbocycles. The maximum Gasteiger partial charge on any atom is 0.193 e. The summed E-state index contributed by atoms with van der Waals surface area (Å²) >= 11 is 0. The van der Waals surface area contributed by atoms with Crippen LogP contribution in [0.5, 0.6) is 0 Å². The van der Waals surface area contributed by atoms with Crippen LogP contribution in [0.25, 0.3) is 0 Å². The Hall–Kier alpha value is -0.830. The molecule has 0 spiro atoms. The largest absolute Gasteiger partial charge is 0.370 e. The second-order valence-corrected chi connectivity index (χ2v) is 7.53. The van der Waals surface area contributed by atoms with E-state index in [1.807, 2.05) is 12.1 Å². The molecule has 1 atom stereocenters. The highest BCUT2D eigenvalue weighted by Gasteiger charge is 2.06. The predicted molar refractivity (Wildman–Crippen MR) is 105 cm³/mol. The number of anilines is 1. The van der Waals surface area contributed by atoms with Crippen molar-refractivity contribution in [3.63, 3.8) is 0 Å². The molecule has 7 heteroatoms. The van der Waals surface area contributed by atoms with Crippen LogP contribution in [0.2, 0.25) is 0 Å². The minimum atomic E-state index is -3.00. The topological polar surface area (TPSA) is 84.5 Å². The van der Waals surface area contributed by atoms with E-state index >= 15 is 0 Å². The average molecular weight is 439 g/mol. The lowest BCUT2D eigenvalue weighted by Gasteiger charge is -2.10. The van der Waals surface area contributed by atoms with Crippen LogP contribution in [0.3, 0.4) is 0 Å². The van der Waals surface area contributed by atoms with Gasteiger partial charge in [0.2, 0.25) is 0 Å². The summed E-state index contributed by atoms with van der Waals surface area (Å²) < 4.78 is 22.7. The molecule has 0 saturated heterocycles. The Bertz CT molecular complexity index is 571. The zero-order valence-corrected chi connectivity index (χ0v) is 16.5. The fourth-order valence-corrected chi connectivity index (χ4v) is 2.43. The number of guanidine groups is 1. The molecule has 0 amide bonds. The minimum absolute atomic E-state index is 0. The van der Waals surface area contributed by atoms with Crippen molar-refractivity contribution < 1.29 is 8.42 Å². The molecule has 22 heavy (non-hydrogen) atoms. The van der Waals surface area contributed by atoms with Crippen LogP contribution in [0.1, 0.15) is 38.7 Å². The number of hydrogen-bond acceptors (Lipinski definition) is 3. The number of halogens is 1. The van der Waals surface area contributed by atoms with Gasteiger partial charge in [0.25, 0.3) is 0 Å². The Morgan fingerprint density at radius 1 is 1.27 bits per heavy atom. The summed E-state index contributed by atoms with van der Waals surface area (Å²) in [4.78, 5) is 4.03. The van der Waals surface area contributed by atoms with Crippen molar-refractivity contribution in [2.24, 2.45) is 10.7 Å². The Kier molecular flexibility index (Phi) is 9.66. The van der Waals surface area contributed by atoms with E-state index in [0.717, 1.165) is 12.1 Å². The maximum atomic E-state index is 11.3. The number of aliphatic imine (C=N–C) groups is 1. The van der Waals surface area contributed by atoms with E-state index < -0.39 is 9.84 Å². The number of nitrogens with one attached hydrogen (secondary N) is 1. The van der Waals surface area contributed by atoms with Gasteiger partial charge in [-0.25, -0.2) is 8.42 Å². The van der Waals surface area contributed by atoms with Gasteiger partial charge >= 0.3 is 0 Å². The number of nitrogens with two attached hydrogens (primary N) is 1. The first-order valence-corrected chi connectivity index (χ1v) is 9.07. The number of hydrogen-bond donors (Lipinski definition) is 2. The Labute approximate surface area is 150 Å². The van der Waals surface area contributed by atoms with Crippen LogP contribution >= 0.6 is 24.0 Å². The highest BCUT2D eigenvalue weighted by Crippen LogP contribution is 2.20. The Balaban J connectivity index is 0.00000441. The summed E-state index contributed by atoms with van der Waals surface area (Å²) in [7, 11) is -3.00. The highest BCUT2D eigenvalue weighted by atomic mass is 127. The lowest BCUT2D eigenvalue weighted by atomic mass is 9.99. The summed E-state index contributed by atoms with van der Waals surface area (Å²) in [6, 6.07) is 8.02. The van der Waals surface area contributed by atoms with Gasteiger partial charge in [-0.1, -0.05) is 32.9 Å². The molecule has 1 aromatic carbocycles. The first-order chi connectivity index (χ1) is 9.88. The zero-order valence-electron chi connectivity index (χ0n) is 13.4. The molecule has 0 saturated carbocycles. The normalized spacial score (nSPS) is 13.3. The van der Waals surface area contributed by atoms with Gasteiger partial charge in [-0.05, 0) is 30.0 Å². The predicted octanol–water partition coefficient (Wildman–Crippen LogP) is 2.98. The van der Waals surface area contributed by atoms with Crippen molar-refractivity contribution in [1.82, 2.24) is 0 Å². The summed E-state index contributed by atoms with van der Waals surface area (Å²) in [6.45, 7) is 6.15. The molecule has 0 heterocycles. The van der Waals surface area contributed by atoms with Crippen LogP contribution in [-0.4, -0.2) is 32.4 Å². The van der Waals surface area contributed by atoms with E-state index in [4.69, 9.17) is 5.73 Å². The van der Waals surface area contributed by atoms with Crippen molar-refractivity contribution in [3.05, 3.63) is 29.8 Å². The molecule has 1 unspecified atom stereocenters. The van der Waals surface area contributed by atoms with Gasteiger partial charge < -0.3 is 11.1 Å². The Morgan fingerprint density at radius 3 is 2.36 bits per heavy atom. The molecule has 0 fully saturated rings. The minimum Gasteiger partial charge on any atom is -0.370 e. The van der Waals surface area contributed by atoms with Crippen LogP contribution in [0.15, 0.2) is 29.3 Å². The van der Waals surface area contributed by atoms with Crippen LogP contribution in [0, 0.1) is 0 Å². The molecular weight excluding hydrogens is 413 g/mol. The second-order valence-electron chi connectivity index (χ2n) is 5.06. The van der Waals surface area contributed by atoms with Crippen molar-refractivity contribution in [3.8, 4) is 0 Å². The number of benzene rings is 1. The van der Waals surface area contributed by atoms with Gasteiger partial charge in [0.1, 0.15) is 0 Å². The van der Waals surface area contributed by atoms with E-state index in [1.54, 1.807) is 6.92 Å². The third kappa shape index (κ3) is 7.44. The number of sulfone groups is 1. The highest BCUT2D eigenvalue weighted by molar-refractivity contribution is 14.0. The van der Waals surface area contributed by atoms with E-state index in [0.29, 0.717) is 5.92 Å². The first kappa shape index (κ1) is 21.2. The van der Waals surface area contributed by atoms with Crippen molar-refractivity contribution >= 4 is 45.5 Å². The summed E-state index contributed by atoms with van der Waals surface area (Å²) in [5.41, 5.74) is 7.88. The van der Waals surface area contributed by atoms with E-state index in [9.17, 15) is 8.42 Å². The van der Waals surface area contributed by atoms with Gasteiger partial charge in [0.15, 0.2) is 15.8 Å². The monoisotopic (exact) mass is 439 g/mol. The van der Waals surface area contributed by atoms with Gasteiger partial charge in [-0.15, -0.1) is 24.0 Å². The Morgan fingerprint density at radius 2 is 1.86 bits per heavy atom. The van der Waals surface area contributed by atoms with Gasteiger partial charge in [0, 0.05) is 11.4 Å². The molecule has 0 aromatic heterocycles. The average Bonchev–Trinajstić information content (AvgIpc) is 2.47. The first-order valence-electron chi connectivity index (χ1n) is 7.25. The standard InChI is InChI=1S/C15H25N3O2S.HI/c1-4-12(3)13-6-8-14(9-7-13)18-15(16)17-10-11-21(19,20)5-2;/h6-9,12H,4-5,10-11H2,1-3H3,(H3,16,17,18);1H. The van der Waals surface area contributed by atoms with Gasteiger partial charge in [-0.2, -0.15) is 0 Å². The van der Waals surface area contributed by atoms with E-state index in [1.165, 1.54) is 5.56 Å². The van der Waals surface area contributed by atoms with Gasteiger partial charge in [0.05, 0.1) is 12.3 Å². The van der Waals surface area contributed by atoms with Gasteiger partial charge in [-0.3, -0.25) is 4.99 Å². The molecule has 0 radical (unpaired) electrons. The maximum absolute atomic E-state index is 11.3. The van der Waals surface area contributed by atoms with E-state index in [2.05, 4.69) is 36.3 Å². The molecule has 0 bridgehead atoms. The van der Waals surface area contributed by atoms with Crippen molar-refractivity contribution in [2.45, 2.75) is 33.1 Å². The second kappa shape index (κ2) is 10.0. The fourth-order valence-electron chi connectivity index (χ4n) is 1.77. The molecular formula is C15H26IN3O2S. The summed E-state index contributed by atoms with van der Waals surface area (Å²) in [6.07, 6.45) is 1.10. The third-order valence-electron chi connectivity index (χ3n) is 3.49. The van der Waals surface area contributed by atoms with Crippen LogP contribution in [-0.2, 0) is 9.84 Å². The van der Waals surface area contributed by atoms with Crippen molar-refractivity contribution in [1.29, 1.82) is 0 Å². The van der Waals surface area contributed by atoms with Crippen LogP contribution in [0.4, 0.5) is 5.69 Å². The smallest absolute Gasteiger partial charge is 0.193 e. The third-order valence-corrected chi connectivity index (χ3v) is 5.17. The number of rotatable bonds is 7. The van der Waals surface area contributed by atoms with Crippen molar-refractivity contribution in [2.75, 3.05) is 23.4 Å². The summed E-state index contributed by atoms with van der Waals surface area (Å²) in [5, 5.41) is 2.96. The molecule has 5 nitrogen and oxygen atoms in total. The molecule has 0 aliphatic rings. The van der Waals surface area contributed by atoms with E-state index in [-0.39, 0.29) is 48.0 Å². The molecule has 1 rings (SSSR count). The zero-order chi connectivity index (χ0) is 15.9. The quantitative estimate of drug-likeness (QED) is 0.389. The number of nitrogens with zero attached hydrogens (tertiary/aromatic N) is 1.